The van der Waals surface area contributed by atoms with E-state index in [-0.39, 0.29) is 5.56 Å². The van der Waals surface area contributed by atoms with E-state index in [1.165, 1.54) is 0 Å². The minimum absolute atomic E-state index is 0.124. The highest BCUT2D eigenvalue weighted by molar-refractivity contribution is 7.93. The molecule has 0 aromatic heterocycles. The topological polar surface area (TPSA) is 34.1 Å². The monoisotopic (exact) mass is 223 g/mol. The Bertz CT molecular complexity index is 397. The van der Waals surface area contributed by atoms with Crippen molar-refractivity contribution in [3.05, 3.63) is 41.4 Å². The van der Waals surface area contributed by atoms with Crippen molar-refractivity contribution in [2.75, 3.05) is 0 Å². The van der Waals surface area contributed by atoms with Crippen LogP contribution in [-0.4, -0.2) is 8.42 Å². The minimum Gasteiger partial charge on any atom is -0.222 e. The summed E-state index contributed by atoms with van der Waals surface area (Å²) in [5.41, 5.74) is 0.124. The summed E-state index contributed by atoms with van der Waals surface area (Å²) in [6.07, 6.45) is 0. The second-order valence-corrected chi connectivity index (χ2v) is 4.44. The van der Waals surface area contributed by atoms with E-state index < -0.39 is 27.2 Å². The average Bonchev–Trinajstić information content (AvgIpc) is 2.08. The van der Waals surface area contributed by atoms with Gasteiger partial charge < -0.3 is 0 Å². The third-order valence-corrected chi connectivity index (χ3v) is 2.69. The molecule has 2 nitrogen and oxygen atoms in total. The Balaban J connectivity index is 2.85. The van der Waals surface area contributed by atoms with Crippen LogP contribution >= 0.6 is 0 Å². The lowest BCUT2D eigenvalue weighted by Crippen LogP contribution is -2.07. The van der Waals surface area contributed by atoms with E-state index in [4.69, 9.17) is 0 Å². The molecule has 0 aliphatic rings. The van der Waals surface area contributed by atoms with Gasteiger partial charge in [0.1, 0.15) is 5.82 Å². The van der Waals surface area contributed by atoms with Gasteiger partial charge in [-0.25, -0.2) is 12.8 Å². The fourth-order valence-electron chi connectivity index (χ4n) is 0.855. The molecule has 0 amide bonds. The molecule has 77 valence electrons. The SMILES string of the molecule is O=S(=O)(Cc1ccc(F)cc1)[C](F)F. The molecule has 0 aliphatic heterocycles. The molecule has 1 radical (unpaired) electrons. The Kier molecular flexibility index (Phi) is 3.15. The second kappa shape index (κ2) is 4.00. The van der Waals surface area contributed by atoms with Crippen LogP contribution in [0.1, 0.15) is 5.56 Å². The molecule has 1 aromatic rings. The standard InChI is InChI=1S/C8H6F3O2S/c9-7-3-1-6(2-4-7)5-14(12,13)8(10)11/h1-4H,5H2. The van der Waals surface area contributed by atoms with Crippen LogP contribution in [0.25, 0.3) is 0 Å². The van der Waals surface area contributed by atoms with Crippen LogP contribution in [0.15, 0.2) is 24.3 Å². The lowest BCUT2D eigenvalue weighted by molar-refractivity contribution is 0.353. The van der Waals surface area contributed by atoms with Crippen molar-refractivity contribution < 1.29 is 21.6 Å². The maximum Gasteiger partial charge on any atom is 0.422 e. The molecule has 0 saturated heterocycles. The van der Waals surface area contributed by atoms with E-state index in [2.05, 4.69) is 0 Å². The Morgan fingerprint density at radius 2 is 1.64 bits per heavy atom. The van der Waals surface area contributed by atoms with E-state index in [1.54, 1.807) is 0 Å². The zero-order valence-corrected chi connectivity index (χ0v) is 7.69. The normalized spacial score (nSPS) is 12.0. The van der Waals surface area contributed by atoms with Crippen molar-refractivity contribution in [1.82, 2.24) is 0 Å². The summed E-state index contributed by atoms with van der Waals surface area (Å²) in [4.78, 5) is 0. The zero-order valence-electron chi connectivity index (χ0n) is 6.88. The minimum atomic E-state index is -4.50. The van der Waals surface area contributed by atoms with Gasteiger partial charge in [-0.1, -0.05) is 12.1 Å². The van der Waals surface area contributed by atoms with Crippen LogP contribution in [-0.2, 0) is 15.6 Å². The largest absolute Gasteiger partial charge is 0.422 e. The van der Waals surface area contributed by atoms with Crippen LogP contribution in [0.5, 0.6) is 0 Å². The molecule has 1 aromatic carbocycles. The molecule has 0 saturated carbocycles. The highest BCUT2D eigenvalue weighted by Gasteiger charge is 2.26. The summed E-state index contributed by atoms with van der Waals surface area (Å²) in [6, 6.07) is 4.33. The van der Waals surface area contributed by atoms with Crippen molar-refractivity contribution in [3.8, 4) is 0 Å². The van der Waals surface area contributed by atoms with Gasteiger partial charge in [0.25, 0.3) is 0 Å². The van der Waals surface area contributed by atoms with E-state index >= 15 is 0 Å². The second-order valence-electron chi connectivity index (χ2n) is 2.61. The molecule has 0 bridgehead atoms. The molecule has 0 atom stereocenters. The Morgan fingerprint density at radius 1 is 1.14 bits per heavy atom. The third-order valence-electron chi connectivity index (χ3n) is 1.51. The summed E-state index contributed by atoms with van der Waals surface area (Å²) >= 11 is 0. The molecular formula is C8H6F3O2S. The van der Waals surface area contributed by atoms with Crippen molar-refractivity contribution in [2.24, 2.45) is 0 Å². The summed E-state index contributed by atoms with van der Waals surface area (Å²) in [5.74, 6) is -3.98. The lowest BCUT2D eigenvalue weighted by Gasteiger charge is -2.01. The Hall–Kier alpha value is -1.04. The number of sulfone groups is 1. The Labute approximate surface area is 79.3 Å². The van der Waals surface area contributed by atoms with Crippen LogP contribution in [0.3, 0.4) is 0 Å². The lowest BCUT2D eigenvalue weighted by atomic mass is 10.2. The van der Waals surface area contributed by atoms with E-state index in [9.17, 15) is 21.6 Å². The Morgan fingerprint density at radius 3 is 2.07 bits per heavy atom. The molecule has 6 heteroatoms. The highest BCUT2D eigenvalue weighted by atomic mass is 32.2. The number of halogens is 3. The number of hydrogen-bond donors (Lipinski definition) is 0. The van der Waals surface area contributed by atoms with Gasteiger partial charge >= 0.3 is 5.76 Å². The van der Waals surface area contributed by atoms with E-state index in [0.717, 1.165) is 24.3 Å². The summed E-state index contributed by atoms with van der Waals surface area (Å²) in [6.45, 7) is 0. The first-order valence-corrected chi connectivity index (χ1v) is 5.22. The van der Waals surface area contributed by atoms with Crippen LogP contribution in [0, 0.1) is 11.6 Å². The van der Waals surface area contributed by atoms with Crippen molar-refractivity contribution >= 4 is 9.84 Å². The molecule has 0 spiro atoms. The van der Waals surface area contributed by atoms with Gasteiger partial charge in [0.15, 0.2) is 0 Å². The molecule has 0 aliphatic carbocycles. The first-order valence-electron chi connectivity index (χ1n) is 3.57. The quantitative estimate of drug-likeness (QED) is 0.786. The van der Waals surface area contributed by atoms with Gasteiger partial charge in [-0.15, -0.1) is 0 Å². The smallest absolute Gasteiger partial charge is 0.222 e. The number of hydrogen-bond acceptors (Lipinski definition) is 2. The summed E-state index contributed by atoms with van der Waals surface area (Å²) in [5, 5.41) is 0. The molecule has 0 unspecified atom stereocenters. The molecule has 14 heavy (non-hydrogen) atoms. The molecule has 0 fully saturated rings. The first kappa shape index (κ1) is 11.0. The van der Waals surface area contributed by atoms with E-state index in [1.807, 2.05) is 0 Å². The summed E-state index contributed by atoms with van der Waals surface area (Å²) < 4.78 is 57.4. The zero-order chi connectivity index (χ0) is 10.8. The molecule has 1 rings (SSSR count). The van der Waals surface area contributed by atoms with Crippen LogP contribution in [0.4, 0.5) is 13.2 Å². The van der Waals surface area contributed by atoms with Crippen molar-refractivity contribution in [2.45, 2.75) is 5.75 Å². The van der Waals surface area contributed by atoms with Gasteiger partial charge in [0.2, 0.25) is 9.84 Å². The van der Waals surface area contributed by atoms with Gasteiger partial charge in [-0.05, 0) is 17.7 Å². The fourth-order valence-corrected chi connectivity index (χ4v) is 1.59. The predicted molar refractivity (Wildman–Crippen MR) is 44.5 cm³/mol. The van der Waals surface area contributed by atoms with Gasteiger partial charge in [-0.3, -0.25) is 0 Å². The van der Waals surface area contributed by atoms with Crippen molar-refractivity contribution in [1.29, 1.82) is 0 Å². The highest BCUT2D eigenvalue weighted by Crippen LogP contribution is 2.19. The molecule has 0 heterocycles. The van der Waals surface area contributed by atoms with Gasteiger partial charge in [0.05, 0.1) is 5.75 Å². The third kappa shape index (κ3) is 2.73. The van der Waals surface area contributed by atoms with Crippen LogP contribution in [0.2, 0.25) is 0 Å². The first-order chi connectivity index (χ1) is 6.42. The molecule has 0 N–H and O–H groups in total. The van der Waals surface area contributed by atoms with Gasteiger partial charge in [-0.2, -0.15) is 8.78 Å². The maximum absolute atomic E-state index is 12.4. The average molecular weight is 223 g/mol. The predicted octanol–water partition coefficient (Wildman–Crippen LogP) is 2.13. The van der Waals surface area contributed by atoms with Crippen LogP contribution < -0.4 is 0 Å². The number of benzene rings is 1. The summed E-state index contributed by atoms with van der Waals surface area (Å²) in [7, 11) is -4.50. The number of rotatable bonds is 3. The molecular weight excluding hydrogens is 217 g/mol. The van der Waals surface area contributed by atoms with E-state index in [0.29, 0.717) is 0 Å². The van der Waals surface area contributed by atoms with Gasteiger partial charge in [0, 0.05) is 0 Å². The fraction of sp³-hybridized carbons (Fsp3) is 0.125. The van der Waals surface area contributed by atoms with Crippen molar-refractivity contribution in [3.63, 3.8) is 0 Å². The maximum atomic E-state index is 12.4.